The molecule has 0 atom stereocenters. The standard InChI is InChI=1S/C24H31N3O4S2/c1-2-31-23(29)21-18-7-3-4-8-19(18)33-22(21)26-24(30)25-15-16-9-11-27(12-10-16)20(28)14-17-6-5-13-32-17/h5-6,13,16H,2-4,7-12,14-15H2,1H3,(H2,25,26,30). The van der Waals surface area contributed by atoms with E-state index in [-0.39, 0.29) is 17.9 Å². The Morgan fingerprint density at radius 3 is 2.70 bits per heavy atom. The first-order valence-corrected chi connectivity index (χ1v) is 13.4. The number of nitrogens with zero attached hydrogens (tertiary/aromatic N) is 1. The number of likely N-dealkylation sites (tertiary alicyclic amines) is 1. The third-order valence-electron chi connectivity index (χ3n) is 6.30. The van der Waals surface area contributed by atoms with Crippen molar-refractivity contribution >= 4 is 45.6 Å². The first-order valence-electron chi connectivity index (χ1n) is 11.7. The Morgan fingerprint density at radius 1 is 1.18 bits per heavy atom. The van der Waals surface area contributed by atoms with Gasteiger partial charge in [-0.3, -0.25) is 10.1 Å². The molecule has 2 aromatic rings. The quantitative estimate of drug-likeness (QED) is 0.562. The monoisotopic (exact) mass is 489 g/mol. The van der Waals surface area contributed by atoms with Crippen LogP contribution in [0.4, 0.5) is 9.80 Å². The summed E-state index contributed by atoms with van der Waals surface area (Å²) >= 11 is 3.11. The second kappa shape index (κ2) is 11.2. The Labute approximate surface area is 202 Å². The van der Waals surface area contributed by atoms with Crippen molar-refractivity contribution in [2.45, 2.75) is 51.9 Å². The number of hydrogen-bond donors (Lipinski definition) is 2. The van der Waals surface area contributed by atoms with Crippen LogP contribution in [0.1, 0.15) is 58.3 Å². The first-order chi connectivity index (χ1) is 16.0. The number of carbonyl (C=O) groups is 3. The molecule has 7 nitrogen and oxygen atoms in total. The molecule has 1 saturated heterocycles. The number of fused-ring (bicyclic) bond motifs is 1. The molecular weight excluding hydrogens is 458 g/mol. The van der Waals surface area contributed by atoms with E-state index in [1.54, 1.807) is 18.3 Å². The average Bonchev–Trinajstić information content (AvgIpc) is 3.45. The molecular formula is C24H31N3O4S2. The van der Waals surface area contributed by atoms with Gasteiger partial charge in [0.05, 0.1) is 18.6 Å². The van der Waals surface area contributed by atoms with E-state index in [2.05, 4.69) is 10.6 Å². The van der Waals surface area contributed by atoms with Crippen LogP contribution in [0.2, 0.25) is 0 Å². The molecule has 0 aromatic carbocycles. The van der Waals surface area contributed by atoms with Crippen molar-refractivity contribution in [3.8, 4) is 0 Å². The average molecular weight is 490 g/mol. The highest BCUT2D eigenvalue weighted by Crippen LogP contribution is 2.38. The lowest BCUT2D eigenvalue weighted by Gasteiger charge is -2.32. The molecule has 2 aliphatic rings. The van der Waals surface area contributed by atoms with Gasteiger partial charge in [-0.25, -0.2) is 9.59 Å². The van der Waals surface area contributed by atoms with Crippen LogP contribution in [0.25, 0.3) is 0 Å². The van der Waals surface area contributed by atoms with E-state index < -0.39 is 0 Å². The van der Waals surface area contributed by atoms with Crippen LogP contribution in [-0.2, 0) is 28.8 Å². The van der Waals surface area contributed by atoms with Crippen LogP contribution in [0.15, 0.2) is 17.5 Å². The van der Waals surface area contributed by atoms with Crippen molar-refractivity contribution < 1.29 is 19.1 Å². The minimum Gasteiger partial charge on any atom is -0.462 e. The van der Waals surface area contributed by atoms with Crippen LogP contribution < -0.4 is 10.6 Å². The largest absolute Gasteiger partial charge is 0.462 e. The lowest BCUT2D eigenvalue weighted by molar-refractivity contribution is -0.131. The molecule has 3 heterocycles. The van der Waals surface area contributed by atoms with Gasteiger partial charge < -0.3 is 15.0 Å². The predicted octanol–water partition coefficient (Wildman–Crippen LogP) is 4.47. The van der Waals surface area contributed by atoms with E-state index in [4.69, 9.17) is 4.74 Å². The third kappa shape index (κ3) is 5.95. The number of piperidine rings is 1. The third-order valence-corrected chi connectivity index (χ3v) is 8.39. The Hall–Kier alpha value is -2.39. The molecule has 178 valence electrons. The number of anilines is 1. The molecule has 0 unspecified atom stereocenters. The summed E-state index contributed by atoms with van der Waals surface area (Å²) in [5.41, 5.74) is 1.57. The van der Waals surface area contributed by atoms with E-state index in [1.165, 1.54) is 16.2 Å². The zero-order chi connectivity index (χ0) is 23.2. The number of thiophene rings is 2. The van der Waals surface area contributed by atoms with E-state index in [1.807, 2.05) is 22.4 Å². The fourth-order valence-electron chi connectivity index (χ4n) is 4.52. The lowest BCUT2D eigenvalue weighted by Crippen LogP contribution is -2.42. The smallest absolute Gasteiger partial charge is 0.341 e. The summed E-state index contributed by atoms with van der Waals surface area (Å²) in [4.78, 5) is 41.9. The molecule has 4 rings (SSSR count). The van der Waals surface area contributed by atoms with Gasteiger partial charge in [-0.1, -0.05) is 6.07 Å². The molecule has 0 radical (unpaired) electrons. The molecule has 1 aliphatic carbocycles. The highest BCUT2D eigenvalue weighted by Gasteiger charge is 2.28. The summed E-state index contributed by atoms with van der Waals surface area (Å²) < 4.78 is 5.26. The Morgan fingerprint density at radius 2 is 1.97 bits per heavy atom. The van der Waals surface area contributed by atoms with Gasteiger partial charge in [0.1, 0.15) is 5.00 Å². The van der Waals surface area contributed by atoms with Crippen molar-refractivity contribution in [3.63, 3.8) is 0 Å². The fourth-order valence-corrected chi connectivity index (χ4v) is 6.49. The predicted molar refractivity (Wildman–Crippen MR) is 131 cm³/mol. The number of esters is 1. The number of amides is 3. The van der Waals surface area contributed by atoms with Gasteiger partial charge in [-0.2, -0.15) is 0 Å². The number of nitrogens with one attached hydrogen (secondary N) is 2. The van der Waals surface area contributed by atoms with Crippen LogP contribution in [0.3, 0.4) is 0 Å². The zero-order valence-electron chi connectivity index (χ0n) is 19.0. The van der Waals surface area contributed by atoms with Gasteiger partial charge >= 0.3 is 12.0 Å². The molecule has 0 spiro atoms. The molecule has 2 aromatic heterocycles. The summed E-state index contributed by atoms with van der Waals surface area (Å²) in [5.74, 6) is 0.157. The van der Waals surface area contributed by atoms with Crippen LogP contribution >= 0.6 is 22.7 Å². The van der Waals surface area contributed by atoms with Crippen molar-refractivity contribution in [3.05, 3.63) is 38.4 Å². The maximum atomic E-state index is 12.6. The highest BCUT2D eigenvalue weighted by atomic mass is 32.1. The second-order valence-corrected chi connectivity index (χ2v) is 10.7. The molecule has 33 heavy (non-hydrogen) atoms. The number of carbonyl (C=O) groups excluding carboxylic acids is 3. The number of rotatable bonds is 7. The van der Waals surface area contributed by atoms with Crippen molar-refractivity contribution in [1.29, 1.82) is 0 Å². The summed E-state index contributed by atoms with van der Waals surface area (Å²) in [6.07, 6.45) is 6.17. The molecule has 0 bridgehead atoms. The number of aryl methyl sites for hydroxylation is 1. The minimum absolute atomic E-state index is 0.176. The van der Waals surface area contributed by atoms with Gasteiger partial charge in [-0.15, -0.1) is 22.7 Å². The zero-order valence-corrected chi connectivity index (χ0v) is 20.6. The molecule has 3 amide bonds. The second-order valence-electron chi connectivity index (χ2n) is 8.55. The van der Waals surface area contributed by atoms with Crippen molar-refractivity contribution in [1.82, 2.24) is 10.2 Å². The van der Waals surface area contributed by atoms with E-state index in [0.717, 1.165) is 62.1 Å². The fraction of sp³-hybridized carbons (Fsp3) is 0.542. The molecule has 2 N–H and O–H groups in total. The van der Waals surface area contributed by atoms with Crippen LogP contribution in [0, 0.1) is 5.92 Å². The molecule has 9 heteroatoms. The van der Waals surface area contributed by atoms with E-state index in [9.17, 15) is 14.4 Å². The van der Waals surface area contributed by atoms with Gasteiger partial charge in [0, 0.05) is 29.4 Å². The maximum Gasteiger partial charge on any atom is 0.341 e. The van der Waals surface area contributed by atoms with E-state index >= 15 is 0 Å². The van der Waals surface area contributed by atoms with Crippen molar-refractivity contribution in [2.75, 3.05) is 31.6 Å². The number of ether oxygens (including phenoxy) is 1. The number of hydrogen-bond acceptors (Lipinski definition) is 6. The molecule has 1 aliphatic heterocycles. The topological polar surface area (TPSA) is 87.7 Å². The normalized spacial score (nSPS) is 16.2. The van der Waals surface area contributed by atoms with Crippen LogP contribution in [0.5, 0.6) is 0 Å². The highest BCUT2D eigenvalue weighted by molar-refractivity contribution is 7.17. The lowest BCUT2D eigenvalue weighted by atomic mass is 9.95. The van der Waals surface area contributed by atoms with Crippen molar-refractivity contribution in [2.24, 2.45) is 5.92 Å². The SMILES string of the molecule is CCOC(=O)c1c(NC(=O)NCC2CCN(C(=O)Cc3cccs3)CC2)sc2c1CCCC2. The maximum absolute atomic E-state index is 12.6. The van der Waals surface area contributed by atoms with Crippen LogP contribution in [-0.4, -0.2) is 49.0 Å². The Balaban J connectivity index is 1.27. The number of urea groups is 1. The summed E-state index contributed by atoms with van der Waals surface area (Å²) in [7, 11) is 0. The summed E-state index contributed by atoms with van der Waals surface area (Å²) in [6, 6.07) is 3.67. The Kier molecular flexibility index (Phi) is 8.03. The van der Waals surface area contributed by atoms with Gasteiger partial charge in [0.25, 0.3) is 0 Å². The summed E-state index contributed by atoms with van der Waals surface area (Å²) in [6.45, 7) is 4.10. The molecule has 1 fully saturated rings. The van der Waals surface area contributed by atoms with Gasteiger partial charge in [0.15, 0.2) is 0 Å². The first kappa shape index (κ1) is 23.8. The molecule has 0 saturated carbocycles. The Bertz CT molecular complexity index is 978. The summed E-state index contributed by atoms with van der Waals surface area (Å²) in [5, 5.41) is 8.45. The van der Waals surface area contributed by atoms with Gasteiger partial charge in [-0.05, 0) is 68.4 Å². The van der Waals surface area contributed by atoms with Gasteiger partial charge in [0.2, 0.25) is 5.91 Å². The van der Waals surface area contributed by atoms with E-state index in [0.29, 0.717) is 36.1 Å². The minimum atomic E-state index is -0.355.